The van der Waals surface area contributed by atoms with Gasteiger partial charge in [-0.2, -0.15) is 0 Å². The number of rotatable bonds is 0. The van der Waals surface area contributed by atoms with Crippen molar-refractivity contribution in [3.63, 3.8) is 0 Å². The average Bonchev–Trinajstić information content (AvgIpc) is 3.08. The Morgan fingerprint density at radius 3 is 2.53 bits per heavy atom. The Balaban J connectivity index is 0.000000117. The second kappa shape index (κ2) is 4.86. The second-order valence-corrected chi connectivity index (χ2v) is 4.14. The van der Waals surface area contributed by atoms with E-state index in [0.29, 0.717) is 5.75 Å². The summed E-state index contributed by atoms with van der Waals surface area (Å²) in [4.78, 5) is 10.1. The van der Waals surface area contributed by atoms with Gasteiger partial charge in [-0.3, -0.25) is 0 Å². The molecule has 94 valence electrons. The third-order valence-electron chi connectivity index (χ3n) is 2.90. The lowest BCUT2D eigenvalue weighted by Gasteiger charge is -1.91. The molecule has 2 aromatic heterocycles. The van der Waals surface area contributed by atoms with Gasteiger partial charge in [-0.25, -0.2) is 4.98 Å². The Labute approximate surface area is 109 Å². The number of fused-ring (bicyclic) bond motifs is 2. The number of nitrogens with one attached hydrogen (secondary N) is 2. The predicted octanol–water partition coefficient (Wildman–Crippen LogP) is 3.44. The van der Waals surface area contributed by atoms with E-state index in [-0.39, 0.29) is 0 Å². The number of benzene rings is 2. The molecule has 19 heavy (non-hydrogen) atoms. The summed E-state index contributed by atoms with van der Waals surface area (Å²) < 4.78 is 0. The molecule has 0 amide bonds. The topological polar surface area (TPSA) is 64.7 Å². The van der Waals surface area contributed by atoms with Gasteiger partial charge < -0.3 is 15.1 Å². The molecule has 0 aliphatic carbocycles. The molecule has 0 saturated carbocycles. The summed E-state index contributed by atoms with van der Waals surface area (Å²) in [6.07, 6.45) is 3.51. The highest BCUT2D eigenvalue weighted by Gasteiger charge is 1.96. The van der Waals surface area contributed by atoms with Gasteiger partial charge in [0.1, 0.15) is 5.75 Å². The van der Waals surface area contributed by atoms with E-state index >= 15 is 0 Å². The van der Waals surface area contributed by atoms with Crippen LogP contribution in [0.1, 0.15) is 0 Å². The minimum Gasteiger partial charge on any atom is -0.507 e. The molecule has 0 saturated heterocycles. The van der Waals surface area contributed by atoms with E-state index in [1.807, 2.05) is 48.7 Å². The highest BCUT2D eigenvalue weighted by Crippen LogP contribution is 2.22. The van der Waals surface area contributed by atoms with Gasteiger partial charge in [-0.15, -0.1) is 0 Å². The zero-order chi connectivity index (χ0) is 13.1. The number of para-hydroxylation sites is 2. The first-order valence-electron chi connectivity index (χ1n) is 5.98. The summed E-state index contributed by atoms with van der Waals surface area (Å²) in [5, 5.41) is 10.1. The van der Waals surface area contributed by atoms with E-state index in [0.717, 1.165) is 21.9 Å². The van der Waals surface area contributed by atoms with Crippen LogP contribution >= 0.6 is 0 Å². The number of aromatic nitrogens is 3. The van der Waals surface area contributed by atoms with E-state index in [4.69, 9.17) is 0 Å². The predicted molar refractivity (Wildman–Crippen MR) is 76.1 cm³/mol. The van der Waals surface area contributed by atoms with Crippen LogP contribution in [0, 0.1) is 0 Å². The third-order valence-corrected chi connectivity index (χ3v) is 2.90. The number of hydrogen-bond acceptors (Lipinski definition) is 2. The molecule has 0 atom stereocenters. The van der Waals surface area contributed by atoms with Crippen LogP contribution in [0.2, 0.25) is 0 Å². The maximum Gasteiger partial charge on any atom is 0.124 e. The van der Waals surface area contributed by atoms with Crippen LogP contribution in [0.3, 0.4) is 0 Å². The maximum atomic E-state index is 9.24. The molecule has 4 aromatic rings. The first-order chi connectivity index (χ1) is 9.34. The zero-order valence-electron chi connectivity index (χ0n) is 10.2. The smallest absolute Gasteiger partial charge is 0.124 e. The fourth-order valence-electron chi connectivity index (χ4n) is 1.95. The van der Waals surface area contributed by atoms with E-state index in [1.54, 1.807) is 12.4 Å². The lowest BCUT2D eigenvalue weighted by molar-refractivity contribution is 0.482. The summed E-state index contributed by atoms with van der Waals surface area (Å²) in [6.45, 7) is 0. The molecular weight excluding hydrogens is 238 g/mol. The number of imidazole rings is 1. The molecule has 3 N–H and O–H groups in total. The van der Waals surface area contributed by atoms with Gasteiger partial charge >= 0.3 is 0 Å². The molecule has 2 aromatic carbocycles. The molecule has 2 heterocycles. The molecule has 4 heteroatoms. The zero-order valence-corrected chi connectivity index (χ0v) is 10.2. The van der Waals surface area contributed by atoms with Crippen molar-refractivity contribution in [3.8, 4) is 5.75 Å². The molecule has 0 unspecified atom stereocenters. The minimum absolute atomic E-state index is 0.332. The average molecular weight is 251 g/mol. The Bertz CT molecular complexity index is 771. The Hall–Kier alpha value is -2.75. The van der Waals surface area contributed by atoms with Crippen LogP contribution in [0.25, 0.3) is 21.9 Å². The molecule has 4 nitrogen and oxygen atoms in total. The number of hydrogen-bond donors (Lipinski definition) is 3. The molecule has 0 aliphatic heterocycles. The summed E-state index contributed by atoms with van der Waals surface area (Å²) in [7, 11) is 0. The van der Waals surface area contributed by atoms with Gasteiger partial charge in [0.15, 0.2) is 0 Å². The van der Waals surface area contributed by atoms with Crippen molar-refractivity contribution in [1.29, 1.82) is 0 Å². The number of phenolic OH excluding ortho intramolecular Hbond substituents is 1. The van der Waals surface area contributed by atoms with Crippen LogP contribution in [-0.2, 0) is 0 Å². The van der Waals surface area contributed by atoms with E-state index in [1.165, 1.54) is 0 Å². The van der Waals surface area contributed by atoms with Crippen molar-refractivity contribution in [1.82, 2.24) is 15.0 Å². The van der Waals surface area contributed by atoms with Crippen molar-refractivity contribution in [2.75, 3.05) is 0 Å². The first kappa shape index (κ1) is 11.3. The molecule has 0 radical (unpaired) electrons. The maximum absolute atomic E-state index is 9.24. The molecule has 0 fully saturated rings. The van der Waals surface area contributed by atoms with Crippen molar-refractivity contribution < 1.29 is 5.11 Å². The number of H-pyrrole nitrogens is 2. The standard InChI is InChI=1S/C8H7NO.C7H6N2/c10-8-3-1-2-7-6(8)4-5-9-7;1-2-4-7-6(3-1)8-5-9-7/h1-5,9-10H;1-5H,(H,8,9). The molecule has 0 spiro atoms. The second-order valence-electron chi connectivity index (χ2n) is 4.14. The van der Waals surface area contributed by atoms with Gasteiger partial charge in [0.2, 0.25) is 0 Å². The fourth-order valence-corrected chi connectivity index (χ4v) is 1.95. The number of nitrogens with zero attached hydrogens (tertiary/aromatic N) is 1. The van der Waals surface area contributed by atoms with E-state index in [9.17, 15) is 5.11 Å². The van der Waals surface area contributed by atoms with Crippen LogP contribution in [0.4, 0.5) is 0 Å². The Morgan fingerprint density at radius 2 is 1.68 bits per heavy atom. The van der Waals surface area contributed by atoms with Gasteiger partial charge in [-0.1, -0.05) is 18.2 Å². The Kier molecular flexibility index (Phi) is 2.90. The molecule has 0 aliphatic rings. The van der Waals surface area contributed by atoms with Gasteiger partial charge in [0.25, 0.3) is 0 Å². The van der Waals surface area contributed by atoms with Crippen molar-refractivity contribution >= 4 is 21.9 Å². The fraction of sp³-hybridized carbons (Fsp3) is 0. The van der Waals surface area contributed by atoms with Crippen molar-refractivity contribution in [3.05, 3.63) is 61.1 Å². The van der Waals surface area contributed by atoms with Crippen molar-refractivity contribution in [2.45, 2.75) is 0 Å². The summed E-state index contributed by atoms with van der Waals surface area (Å²) in [5.41, 5.74) is 3.09. The number of aromatic amines is 2. The van der Waals surface area contributed by atoms with Crippen molar-refractivity contribution in [2.24, 2.45) is 0 Å². The SMILES string of the molecule is Oc1cccc2[nH]ccc12.c1ccc2[nH]cnc2c1. The normalized spacial score (nSPS) is 10.3. The highest BCUT2D eigenvalue weighted by molar-refractivity contribution is 5.85. The highest BCUT2D eigenvalue weighted by atomic mass is 16.3. The molecule has 0 bridgehead atoms. The van der Waals surface area contributed by atoms with Gasteiger partial charge in [0, 0.05) is 17.1 Å². The lowest BCUT2D eigenvalue weighted by Crippen LogP contribution is -1.66. The molecule has 4 rings (SSSR count). The monoisotopic (exact) mass is 251 g/mol. The van der Waals surface area contributed by atoms with Gasteiger partial charge in [-0.05, 0) is 30.3 Å². The van der Waals surface area contributed by atoms with Crippen LogP contribution in [0.15, 0.2) is 61.1 Å². The van der Waals surface area contributed by atoms with Crippen LogP contribution < -0.4 is 0 Å². The summed E-state index contributed by atoms with van der Waals surface area (Å²) >= 11 is 0. The quantitative estimate of drug-likeness (QED) is 0.448. The largest absolute Gasteiger partial charge is 0.507 e. The lowest BCUT2D eigenvalue weighted by atomic mass is 10.2. The Morgan fingerprint density at radius 1 is 0.842 bits per heavy atom. The summed E-state index contributed by atoms with van der Waals surface area (Å²) in [6, 6.07) is 15.2. The minimum atomic E-state index is 0.332. The number of aromatic hydroxyl groups is 1. The summed E-state index contributed by atoms with van der Waals surface area (Å²) in [5.74, 6) is 0.332. The van der Waals surface area contributed by atoms with Crippen LogP contribution in [0.5, 0.6) is 5.75 Å². The number of phenols is 1. The molecular formula is C15H13N3O. The van der Waals surface area contributed by atoms with E-state index < -0.39 is 0 Å². The first-order valence-corrected chi connectivity index (χ1v) is 5.98. The van der Waals surface area contributed by atoms with Crippen LogP contribution in [-0.4, -0.2) is 20.1 Å². The van der Waals surface area contributed by atoms with E-state index in [2.05, 4.69) is 15.0 Å². The van der Waals surface area contributed by atoms with Gasteiger partial charge in [0.05, 0.1) is 17.4 Å². The third kappa shape index (κ3) is 2.28.